The molecule has 30 heavy (non-hydrogen) atoms. The van der Waals surface area contributed by atoms with Crippen LogP contribution in [0.1, 0.15) is 66.2 Å². The van der Waals surface area contributed by atoms with Gasteiger partial charge in [-0.05, 0) is 6.42 Å². The minimum atomic E-state index is -1.44. The van der Waals surface area contributed by atoms with Crippen molar-refractivity contribution < 1.29 is 43.2 Å². The first-order valence-corrected chi connectivity index (χ1v) is 10.3. The molecule has 0 aliphatic carbocycles. The van der Waals surface area contributed by atoms with Crippen LogP contribution in [-0.2, 0) is 38.1 Å². The molecule has 2 unspecified atom stereocenters. The molecule has 1 aliphatic rings. The molecular weight excluding hydrogens is 398 g/mol. The lowest BCUT2D eigenvalue weighted by Crippen LogP contribution is -2.65. The van der Waals surface area contributed by atoms with E-state index in [4.69, 9.17) is 18.9 Å². The Balaban J connectivity index is 2.91. The zero-order valence-corrected chi connectivity index (χ0v) is 18.0. The van der Waals surface area contributed by atoms with Gasteiger partial charge in [0.15, 0.2) is 18.4 Å². The second-order valence-corrected chi connectivity index (χ2v) is 7.27. The standard InChI is InChI=1S/C20H33NO9/c1-5-6-7-8-9-10-16(25)21-20-19(29-14(4)24)18(28-13(3)23)17(26)15(30-20)11-27-12(2)22/h15,17-20,26H,5-11H2,1-4H3,(H,21,25)/t15?,17-,18-,19?,20+/m0/s1. The lowest BCUT2D eigenvalue weighted by atomic mass is 9.97. The maximum atomic E-state index is 12.4. The number of amides is 1. The van der Waals surface area contributed by atoms with E-state index in [1.165, 1.54) is 6.92 Å². The fourth-order valence-corrected chi connectivity index (χ4v) is 3.15. The van der Waals surface area contributed by atoms with E-state index >= 15 is 0 Å². The van der Waals surface area contributed by atoms with E-state index in [1.807, 2.05) is 0 Å². The summed E-state index contributed by atoms with van der Waals surface area (Å²) in [5.74, 6) is -2.35. The molecule has 172 valence electrons. The first-order chi connectivity index (χ1) is 14.1. The van der Waals surface area contributed by atoms with E-state index < -0.39 is 48.6 Å². The summed E-state index contributed by atoms with van der Waals surface area (Å²) >= 11 is 0. The SMILES string of the molecule is CCCCCCCC(=O)N[C@@H]1OC(COC(C)=O)[C@H](O)[C@H](OC(C)=O)C1OC(C)=O. The third kappa shape index (κ3) is 9.08. The molecule has 1 amide bonds. The summed E-state index contributed by atoms with van der Waals surface area (Å²) in [7, 11) is 0. The van der Waals surface area contributed by atoms with Crippen molar-refractivity contribution >= 4 is 23.8 Å². The van der Waals surface area contributed by atoms with Crippen molar-refractivity contribution in [3.05, 3.63) is 0 Å². The molecule has 10 nitrogen and oxygen atoms in total. The van der Waals surface area contributed by atoms with Crippen LogP contribution in [0.2, 0.25) is 0 Å². The lowest BCUT2D eigenvalue weighted by molar-refractivity contribution is -0.251. The number of nitrogens with one attached hydrogen (secondary N) is 1. The zero-order chi connectivity index (χ0) is 22.7. The van der Waals surface area contributed by atoms with Crippen LogP contribution >= 0.6 is 0 Å². The largest absolute Gasteiger partial charge is 0.463 e. The summed E-state index contributed by atoms with van der Waals surface area (Å²) in [6.45, 7) is 5.25. The molecule has 1 heterocycles. The molecule has 1 rings (SSSR count). The molecule has 1 fully saturated rings. The van der Waals surface area contributed by atoms with Crippen LogP contribution in [0, 0.1) is 0 Å². The summed E-state index contributed by atoms with van der Waals surface area (Å²) in [4.78, 5) is 46.6. The molecule has 0 bridgehead atoms. The van der Waals surface area contributed by atoms with Gasteiger partial charge in [-0.25, -0.2) is 0 Å². The van der Waals surface area contributed by atoms with E-state index in [0.717, 1.165) is 39.5 Å². The average Bonchev–Trinajstić information content (AvgIpc) is 2.64. The van der Waals surface area contributed by atoms with E-state index in [-0.39, 0.29) is 18.9 Å². The fraction of sp³-hybridized carbons (Fsp3) is 0.800. The van der Waals surface area contributed by atoms with Gasteiger partial charge in [-0.3, -0.25) is 19.2 Å². The first kappa shape index (κ1) is 25.8. The highest BCUT2D eigenvalue weighted by Crippen LogP contribution is 2.26. The Bertz CT molecular complexity index is 595. The van der Waals surface area contributed by atoms with Crippen LogP contribution in [0.3, 0.4) is 0 Å². The van der Waals surface area contributed by atoms with Crippen molar-refractivity contribution in [3.8, 4) is 0 Å². The molecule has 0 spiro atoms. The quantitative estimate of drug-likeness (QED) is 0.278. The van der Waals surface area contributed by atoms with Crippen molar-refractivity contribution in [2.75, 3.05) is 6.61 Å². The number of aliphatic hydroxyl groups excluding tert-OH is 1. The normalized spacial score (nSPS) is 25.8. The monoisotopic (exact) mass is 431 g/mol. The van der Waals surface area contributed by atoms with Gasteiger partial charge in [0.1, 0.15) is 18.8 Å². The third-order valence-corrected chi connectivity index (χ3v) is 4.53. The van der Waals surface area contributed by atoms with Crippen molar-refractivity contribution in [1.29, 1.82) is 0 Å². The summed E-state index contributed by atoms with van der Waals surface area (Å²) < 4.78 is 20.9. The number of ether oxygens (including phenoxy) is 4. The smallest absolute Gasteiger partial charge is 0.303 e. The topological polar surface area (TPSA) is 137 Å². The van der Waals surface area contributed by atoms with Gasteiger partial charge in [0.25, 0.3) is 0 Å². The van der Waals surface area contributed by atoms with Crippen molar-refractivity contribution in [3.63, 3.8) is 0 Å². The maximum absolute atomic E-state index is 12.4. The van der Waals surface area contributed by atoms with Crippen LogP contribution in [-0.4, -0.2) is 66.2 Å². The van der Waals surface area contributed by atoms with Crippen LogP contribution in [0.25, 0.3) is 0 Å². The number of esters is 3. The van der Waals surface area contributed by atoms with Crippen LogP contribution in [0.5, 0.6) is 0 Å². The Kier molecular flexibility index (Phi) is 11.3. The predicted molar refractivity (Wildman–Crippen MR) is 104 cm³/mol. The molecule has 0 aromatic heterocycles. The second-order valence-electron chi connectivity index (χ2n) is 7.27. The molecule has 10 heteroatoms. The summed E-state index contributed by atoms with van der Waals surface area (Å²) in [6, 6.07) is 0. The van der Waals surface area contributed by atoms with Gasteiger partial charge >= 0.3 is 17.9 Å². The van der Waals surface area contributed by atoms with Crippen LogP contribution in [0.4, 0.5) is 0 Å². The van der Waals surface area contributed by atoms with Crippen molar-refractivity contribution in [2.24, 2.45) is 0 Å². The Hall–Kier alpha value is -2.20. The molecule has 1 aliphatic heterocycles. The summed E-state index contributed by atoms with van der Waals surface area (Å²) in [6.07, 6.45) is -1.25. The Morgan fingerprint density at radius 1 is 0.900 bits per heavy atom. The van der Waals surface area contributed by atoms with Crippen molar-refractivity contribution in [1.82, 2.24) is 5.32 Å². The number of aliphatic hydroxyl groups is 1. The van der Waals surface area contributed by atoms with Gasteiger partial charge in [0, 0.05) is 27.2 Å². The summed E-state index contributed by atoms with van der Waals surface area (Å²) in [5.41, 5.74) is 0. The third-order valence-electron chi connectivity index (χ3n) is 4.53. The molecule has 0 aromatic carbocycles. The lowest BCUT2D eigenvalue weighted by Gasteiger charge is -2.43. The van der Waals surface area contributed by atoms with Crippen LogP contribution < -0.4 is 5.32 Å². The first-order valence-electron chi connectivity index (χ1n) is 10.3. The van der Waals surface area contributed by atoms with E-state index in [0.29, 0.717) is 6.42 Å². The van der Waals surface area contributed by atoms with Crippen LogP contribution in [0.15, 0.2) is 0 Å². The average molecular weight is 431 g/mol. The second kappa shape index (κ2) is 13.2. The highest BCUT2D eigenvalue weighted by Gasteiger charge is 2.50. The highest BCUT2D eigenvalue weighted by atomic mass is 16.6. The van der Waals surface area contributed by atoms with Gasteiger partial charge in [-0.1, -0.05) is 32.6 Å². The molecule has 0 radical (unpaired) electrons. The summed E-state index contributed by atoms with van der Waals surface area (Å²) in [5, 5.41) is 13.2. The Labute approximate surface area is 176 Å². The number of hydrogen-bond donors (Lipinski definition) is 2. The highest BCUT2D eigenvalue weighted by molar-refractivity contribution is 5.76. The number of hydrogen-bond acceptors (Lipinski definition) is 9. The predicted octanol–water partition coefficient (Wildman–Crippen LogP) is 0.975. The number of unbranched alkanes of at least 4 members (excludes halogenated alkanes) is 4. The molecule has 1 saturated heterocycles. The zero-order valence-electron chi connectivity index (χ0n) is 18.0. The Morgan fingerprint density at radius 3 is 2.07 bits per heavy atom. The number of rotatable bonds is 11. The molecule has 2 N–H and O–H groups in total. The maximum Gasteiger partial charge on any atom is 0.303 e. The molecule has 0 aromatic rings. The van der Waals surface area contributed by atoms with Gasteiger partial charge < -0.3 is 29.4 Å². The fourth-order valence-electron chi connectivity index (χ4n) is 3.15. The van der Waals surface area contributed by atoms with E-state index in [9.17, 15) is 24.3 Å². The van der Waals surface area contributed by atoms with Gasteiger partial charge in [-0.2, -0.15) is 0 Å². The van der Waals surface area contributed by atoms with Crippen molar-refractivity contribution in [2.45, 2.75) is 96.9 Å². The number of carbonyl (C=O) groups excluding carboxylic acids is 4. The minimum Gasteiger partial charge on any atom is -0.463 e. The molecule has 5 atom stereocenters. The number of carbonyl (C=O) groups is 4. The molecule has 0 saturated carbocycles. The Morgan fingerprint density at radius 2 is 1.50 bits per heavy atom. The van der Waals surface area contributed by atoms with E-state index in [2.05, 4.69) is 12.2 Å². The molecular formula is C20H33NO9. The minimum absolute atomic E-state index is 0.242. The van der Waals surface area contributed by atoms with Gasteiger partial charge in [0.2, 0.25) is 5.91 Å². The van der Waals surface area contributed by atoms with Gasteiger partial charge in [-0.15, -0.1) is 0 Å². The van der Waals surface area contributed by atoms with Gasteiger partial charge in [0.05, 0.1) is 0 Å². The van der Waals surface area contributed by atoms with E-state index in [1.54, 1.807) is 0 Å².